The molecule has 2 aromatic heterocycles. The van der Waals surface area contributed by atoms with E-state index in [9.17, 15) is 23.1 Å². The molecule has 31 heavy (non-hydrogen) atoms. The summed E-state index contributed by atoms with van der Waals surface area (Å²) in [4.78, 5) is 30.0. The van der Waals surface area contributed by atoms with Crippen LogP contribution in [0.25, 0.3) is 11.3 Å². The molecular weight excluding hydrogens is 419 g/mol. The highest BCUT2D eigenvalue weighted by molar-refractivity contribution is 5.86. The Hall–Kier alpha value is -3.06. The number of anilines is 2. The van der Waals surface area contributed by atoms with E-state index < -0.39 is 29.8 Å². The first kappa shape index (κ1) is 21.2. The number of aromatic nitrogens is 4. The normalized spacial score (nSPS) is 21.9. The van der Waals surface area contributed by atoms with Crippen LogP contribution in [0.5, 0.6) is 0 Å². The number of alkyl halides is 3. The van der Waals surface area contributed by atoms with Gasteiger partial charge in [-0.2, -0.15) is 13.2 Å². The van der Waals surface area contributed by atoms with Crippen LogP contribution in [0.4, 0.5) is 25.1 Å². The molecular formula is C18H20F3N7O3. The largest absolute Gasteiger partial charge is 0.434 e. The van der Waals surface area contributed by atoms with Crippen LogP contribution in [0.2, 0.25) is 0 Å². The number of aliphatic hydroxyl groups is 1. The monoisotopic (exact) mass is 439 g/mol. The average Bonchev–Trinajstić information content (AvgIpc) is 3.14. The number of halogens is 3. The molecule has 13 heteroatoms. The second-order valence-corrected chi connectivity index (χ2v) is 7.24. The van der Waals surface area contributed by atoms with Crippen molar-refractivity contribution in [2.75, 3.05) is 43.5 Å². The highest BCUT2D eigenvalue weighted by Gasteiger charge is 2.38. The zero-order chi connectivity index (χ0) is 22.2. The Kier molecular flexibility index (Phi) is 5.62. The summed E-state index contributed by atoms with van der Waals surface area (Å²) in [5.74, 6) is -1.43. The summed E-state index contributed by atoms with van der Waals surface area (Å²) in [6.07, 6.45) is -3.56. The molecule has 0 spiro atoms. The summed E-state index contributed by atoms with van der Waals surface area (Å²) in [5, 5.41) is 12.0. The summed E-state index contributed by atoms with van der Waals surface area (Å²) in [7, 11) is 0. The van der Waals surface area contributed by atoms with E-state index in [4.69, 9.17) is 10.5 Å². The van der Waals surface area contributed by atoms with Crippen molar-refractivity contribution in [1.29, 1.82) is 0 Å². The summed E-state index contributed by atoms with van der Waals surface area (Å²) in [5.41, 5.74) is 3.97. The summed E-state index contributed by atoms with van der Waals surface area (Å²) >= 11 is 0. The minimum atomic E-state index is -4.79. The maximum atomic E-state index is 13.6. The highest BCUT2D eigenvalue weighted by Crippen LogP contribution is 2.37. The van der Waals surface area contributed by atoms with Crippen LogP contribution in [0, 0.1) is 0 Å². The van der Waals surface area contributed by atoms with Crippen LogP contribution in [-0.4, -0.2) is 69.9 Å². The zero-order valence-electron chi connectivity index (χ0n) is 16.3. The molecule has 2 aliphatic heterocycles. The van der Waals surface area contributed by atoms with E-state index in [1.54, 1.807) is 4.90 Å². The lowest BCUT2D eigenvalue weighted by atomic mass is 9.99. The lowest BCUT2D eigenvalue weighted by Crippen LogP contribution is -2.37. The van der Waals surface area contributed by atoms with Crippen LogP contribution >= 0.6 is 0 Å². The number of carbonyl (C=O) groups excluding carboxylic acids is 1. The smallest absolute Gasteiger partial charge is 0.394 e. The predicted octanol–water partition coefficient (Wildman–Crippen LogP) is 0.336. The van der Waals surface area contributed by atoms with Gasteiger partial charge in [-0.15, -0.1) is 0 Å². The van der Waals surface area contributed by atoms with Crippen molar-refractivity contribution in [3.8, 4) is 11.3 Å². The van der Waals surface area contributed by atoms with E-state index in [-0.39, 0.29) is 41.8 Å². The maximum Gasteiger partial charge on any atom is 0.434 e. The third kappa shape index (κ3) is 4.37. The Morgan fingerprint density at radius 3 is 2.65 bits per heavy atom. The minimum Gasteiger partial charge on any atom is -0.394 e. The number of ether oxygens (including phenoxy) is 1. The van der Waals surface area contributed by atoms with E-state index >= 15 is 0 Å². The summed E-state index contributed by atoms with van der Waals surface area (Å²) < 4.78 is 46.2. The molecule has 1 unspecified atom stereocenters. The number of amides is 1. The highest BCUT2D eigenvalue weighted by atomic mass is 19.4. The lowest BCUT2D eigenvalue weighted by molar-refractivity contribution is -0.140. The molecule has 4 heterocycles. The van der Waals surface area contributed by atoms with Crippen LogP contribution < -0.4 is 16.0 Å². The van der Waals surface area contributed by atoms with Gasteiger partial charge >= 0.3 is 6.18 Å². The van der Waals surface area contributed by atoms with E-state index in [2.05, 4.69) is 25.3 Å². The first-order valence-electron chi connectivity index (χ1n) is 9.59. The van der Waals surface area contributed by atoms with Crippen molar-refractivity contribution in [2.24, 2.45) is 0 Å². The van der Waals surface area contributed by atoms with Gasteiger partial charge < -0.3 is 25.8 Å². The Morgan fingerprint density at radius 1 is 1.26 bits per heavy atom. The fourth-order valence-electron chi connectivity index (χ4n) is 3.60. The number of hydrogen-bond acceptors (Lipinski definition) is 9. The van der Waals surface area contributed by atoms with Gasteiger partial charge in [-0.05, 0) is 12.5 Å². The van der Waals surface area contributed by atoms with Gasteiger partial charge in [0.1, 0.15) is 0 Å². The molecule has 2 aromatic rings. The Labute approximate surface area is 174 Å². The van der Waals surface area contributed by atoms with Crippen LogP contribution in [0.1, 0.15) is 23.7 Å². The molecule has 2 saturated heterocycles. The van der Waals surface area contributed by atoms with Gasteiger partial charge in [0.05, 0.1) is 43.2 Å². The standard InChI is InChI=1S/C18H20F3N7O3/c19-18(20,21)14-11(7-23-16(22)27-14)13-6-12(10-5-9(8-29)24-15(10)30)25-17(26-13)28-1-3-31-4-2-28/h6-7,9-10,29H,1-5,8H2,(H,24,30)(H2,22,23,27)/t9?,10-/m0/s1. The van der Waals surface area contributed by atoms with Gasteiger partial charge in [0, 0.05) is 24.8 Å². The topological polar surface area (TPSA) is 139 Å². The summed E-state index contributed by atoms with van der Waals surface area (Å²) in [6, 6.07) is 0.881. The van der Waals surface area contributed by atoms with Gasteiger partial charge in [-0.25, -0.2) is 19.9 Å². The molecule has 0 radical (unpaired) electrons. The molecule has 0 saturated carbocycles. The number of nitrogens with zero attached hydrogens (tertiary/aromatic N) is 5. The number of rotatable bonds is 4. The molecule has 1 amide bonds. The molecule has 4 N–H and O–H groups in total. The van der Waals surface area contributed by atoms with Crippen LogP contribution in [0.3, 0.4) is 0 Å². The van der Waals surface area contributed by atoms with Crippen molar-refractivity contribution >= 4 is 17.8 Å². The average molecular weight is 439 g/mol. The van der Waals surface area contributed by atoms with Crippen LogP contribution in [0.15, 0.2) is 12.3 Å². The third-order valence-electron chi connectivity index (χ3n) is 5.14. The van der Waals surface area contributed by atoms with Gasteiger partial charge in [0.25, 0.3) is 0 Å². The van der Waals surface area contributed by atoms with Crippen molar-refractivity contribution in [1.82, 2.24) is 25.3 Å². The van der Waals surface area contributed by atoms with Crippen molar-refractivity contribution in [2.45, 2.75) is 24.6 Å². The van der Waals surface area contributed by atoms with Gasteiger partial charge in [-0.3, -0.25) is 4.79 Å². The maximum absolute atomic E-state index is 13.6. The fraction of sp³-hybridized carbons (Fsp3) is 0.500. The first-order valence-corrected chi connectivity index (χ1v) is 9.59. The quantitative estimate of drug-likeness (QED) is 0.615. The van der Waals surface area contributed by atoms with Crippen molar-refractivity contribution in [3.63, 3.8) is 0 Å². The number of nitrogens with one attached hydrogen (secondary N) is 1. The fourth-order valence-corrected chi connectivity index (χ4v) is 3.60. The number of carbonyl (C=O) groups is 1. The lowest BCUT2D eigenvalue weighted by Gasteiger charge is -2.27. The Bertz CT molecular complexity index is 982. The Balaban J connectivity index is 1.84. The first-order chi connectivity index (χ1) is 14.8. The minimum absolute atomic E-state index is 0.0703. The van der Waals surface area contributed by atoms with E-state index in [0.29, 0.717) is 26.3 Å². The SMILES string of the molecule is Nc1ncc(-c2cc([C@@H]3CC(CO)NC3=O)nc(N3CCOCC3)n2)c(C(F)(F)F)n1. The number of nitrogens with two attached hydrogens (primary N) is 1. The van der Waals surface area contributed by atoms with Crippen molar-refractivity contribution < 1.29 is 27.8 Å². The second kappa shape index (κ2) is 8.23. The molecule has 0 bridgehead atoms. The number of morpholine rings is 1. The van der Waals surface area contributed by atoms with Gasteiger partial charge in [0.2, 0.25) is 17.8 Å². The van der Waals surface area contributed by atoms with Gasteiger partial charge in [0.15, 0.2) is 5.69 Å². The predicted molar refractivity (Wildman–Crippen MR) is 102 cm³/mol. The van der Waals surface area contributed by atoms with Gasteiger partial charge in [-0.1, -0.05) is 0 Å². The molecule has 10 nitrogen and oxygen atoms in total. The third-order valence-corrected chi connectivity index (χ3v) is 5.14. The van der Waals surface area contributed by atoms with E-state index in [1.807, 2.05) is 0 Å². The molecule has 0 aromatic carbocycles. The summed E-state index contributed by atoms with van der Waals surface area (Å²) in [6.45, 7) is 1.48. The molecule has 2 atom stereocenters. The number of hydrogen-bond donors (Lipinski definition) is 3. The van der Waals surface area contributed by atoms with Crippen molar-refractivity contribution in [3.05, 3.63) is 23.7 Å². The second-order valence-electron chi connectivity index (χ2n) is 7.24. The number of aliphatic hydroxyl groups excluding tert-OH is 1. The Morgan fingerprint density at radius 2 is 2.00 bits per heavy atom. The zero-order valence-corrected chi connectivity index (χ0v) is 16.3. The molecule has 166 valence electrons. The van der Waals surface area contributed by atoms with E-state index in [1.165, 1.54) is 6.07 Å². The molecule has 4 rings (SSSR count). The number of nitrogen functional groups attached to an aromatic ring is 1. The molecule has 2 aliphatic rings. The molecule has 2 fully saturated rings. The van der Waals surface area contributed by atoms with Crippen LogP contribution in [-0.2, 0) is 15.7 Å². The molecule has 0 aliphatic carbocycles. The van der Waals surface area contributed by atoms with E-state index in [0.717, 1.165) is 6.20 Å².